The first-order chi connectivity index (χ1) is 24.2. The van der Waals surface area contributed by atoms with Gasteiger partial charge in [0.15, 0.2) is 0 Å². The number of anilines is 5. The molecule has 0 radical (unpaired) electrons. The molecule has 0 saturated carbocycles. The lowest BCUT2D eigenvalue weighted by molar-refractivity contribution is 0.980. The standard InChI is InChI=1S/C47H36N2/c1-2-35-13-10-14-36(33-35)34-48(46-23-11-17-39-15-6-8-21-44(39)46)41-29-25-37(26-30-41)38-27-31-43(32-28-38)49(42-19-4-3-5-20-42)47-24-12-18-40-16-7-9-22-45(40)47/h2-33H,1,34H2. The number of hydrogen-bond acceptors (Lipinski definition) is 2. The highest BCUT2D eigenvalue weighted by atomic mass is 15.1. The maximum atomic E-state index is 3.99. The van der Waals surface area contributed by atoms with Crippen LogP contribution >= 0.6 is 0 Å². The molecule has 0 fully saturated rings. The Bertz CT molecular complexity index is 2360. The lowest BCUT2D eigenvalue weighted by Gasteiger charge is -2.27. The number of rotatable bonds is 9. The Labute approximate surface area is 288 Å². The summed E-state index contributed by atoms with van der Waals surface area (Å²) in [6.07, 6.45) is 1.91. The van der Waals surface area contributed by atoms with E-state index < -0.39 is 0 Å². The molecule has 0 aliphatic carbocycles. The van der Waals surface area contributed by atoms with E-state index in [1.54, 1.807) is 0 Å². The Morgan fingerprint density at radius 1 is 0.429 bits per heavy atom. The number of hydrogen-bond donors (Lipinski definition) is 0. The predicted molar refractivity (Wildman–Crippen MR) is 210 cm³/mol. The van der Waals surface area contributed by atoms with E-state index in [0.717, 1.165) is 34.9 Å². The molecular weight excluding hydrogens is 593 g/mol. The highest BCUT2D eigenvalue weighted by Crippen LogP contribution is 2.40. The zero-order chi connectivity index (χ0) is 33.0. The van der Waals surface area contributed by atoms with Crippen molar-refractivity contribution < 1.29 is 0 Å². The second-order valence-electron chi connectivity index (χ2n) is 12.3. The van der Waals surface area contributed by atoms with Crippen LogP contribution in [-0.4, -0.2) is 0 Å². The van der Waals surface area contributed by atoms with E-state index in [1.807, 2.05) is 6.08 Å². The zero-order valence-corrected chi connectivity index (χ0v) is 27.3. The number of para-hydroxylation sites is 1. The van der Waals surface area contributed by atoms with E-state index in [9.17, 15) is 0 Å². The molecule has 49 heavy (non-hydrogen) atoms. The number of fused-ring (bicyclic) bond motifs is 2. The first-order valence-electron chi connectivity index (χ1n) is 16.8. The zero-order valence-electron chi connectivity index (χ0n) is 27.3. The van der Waals surface area contributed by atoms with Gasteiger partial charge in [-0.05, 0) is 87.6 Å². The van der Waals surface area contributed by atoms with Crippen molar-refractivity contribution in [2.24, 2.45) is 0 Å². The molecule has 2 heteroatoms. The van der Waals surface area contributed by atoms with Gasteiger partial charge in [-0.15, -0.1) is 0 Å². The van der Waals surface area contributed by atoms with Gasteiger partial charge in [0.1, 0.15) is 0 Å². The third kappa shape index (κ3) is 6.08. The molecule has 0 bridgehead atoms. The molecule has 0 aliphatic rings. The molecule has 8 aromatic rings. The third-order valence-corrected chi connectivity index (χ3v) is 9.24. The van der Waals surface area contributed by atoms with Crippen LogP contribution in [0.1, 0.15) is 11.1 Å². The SMILES string of the molecule is C=Cc1cccc(CN(c2ccc(-c3ccc(N(c4ccccc4)c4cccc5ccccc45)cc3)cc2)c2cccc3ccccc23)c1. The first kappa shape index (κ1) is 30.0. The summed E-state index contributed by atoms with van der Waals surface area (Å²) in [6, 6.07) is 67.4. The summed E-state index contributed by atoms with van der Waals surface area (Å²) in [7, 11) is 0. The molecule has 8 aromatic carbocycles. The average molecular weight is 629 g/mol. The fourth-order valence-electron chi connectivity index (χ4n) is 6.80. The fourth-order valence-corrected chi connectivity index (χ4v) is 6.80. The van der Waals surface area contributed by atoms with Crippen molar-refractivity contribution in [3.05, 3.63) is 206 Å². The van der Waals surface area contributed by atoms with E-state index in [1.165, 1.54) is 43.9 Å². The highest BCUT2D eigenvalue weighted by Gasteiger charge is 2.16. The predicted octanol–water partition coefficient (Wildman–Crippen LogP) is 13.1. The molecule has 0 saturated heterocycles. The fraction of sp³-hybridized carbons (Fsp3) is 0.0213. The van der Waals surface area contributed by atoms with Gasteiger partial charge in [-0.2, -0.15) is 0 Å². The van der Waals surface area contributed by atoms with Crippen LogP contribution in [0.4, 0.5) is 28.4 Å². The molecular formula is C47H36N2. The summed E-state index contributed by atoms with van der Waals surface area (Å²) in [5.41, 5.74) is 10.5. The second kappa shape index (κ2) is 13.4. The van der Waals surface area contributed by atoms with Crippen LogP contribution in [0.15, 0.2) is 195 Å². The highest BCUT2D eigenvalue weighted by molar-refractivity contribution is 5.99. The summed E-state index contributed by atoms with van der Waals surface area (Å²) < 4.78 is 0. The minimum atomic E-state index is 0.743. The Kier molecular flexibility index (Phi) is 8.19. The molecule has 234 valence electrons. The van der Waals surface area contributed by atoms with E-state index in [4.69, 9.17) is 0 Å². The molecule has 0 unspecified atom stereocenters. The number of benzene rings is 8. The van der Waals surface area contributed by atoms with Gasteiger partial charge in [0, 0.05) is 40.1 Å². The Morgan fingerprint density at radius 3 is 1.59 bits per heavy atom. The van der Waals surface area contributed by atoms with Gasteiger partial charge in [-0.3, -0.25) is 0 Å². The lowest BCUT2D eigenvalue weighted by Crippen LogP contribution is -2.17. The molecule has 0 spiro atoms. The minimum absolute atomic E-state index is 0.743. The minimum Gasteiger partial charge on any atom is -0.336 e. The Morgan fingerprint density at radius 2 is 0.939 bits per heavy atom. The Balaban J connectivity index is 1.14. The second-order valence-corrected chi connectivity index (χ2v) is 12.3. The van der Waals surface area contributed by atoms with Gasteiger partial charge in [-0.1, -0.05) is 146 Å². The average Bonchev–Trinajstić information content (AvgIpc) is 3.18. The van der Waals surface area contributed by atoms with E-state index in [0.29, 0.717) is 0 Å². The smallest absolute Gasteiger partial charge is 0.0540 e. The van der Waals surface area contributed by atoms with Crippen LogP contribution < -0.4 is 9.80 Å². The molecule has 0 aromatic heterocycles. The van der Waals surface area contributed by atoms with Crippen molar-refractivity contribution in [3.8, 4) is 11.1 Å². The molecule has 0 amide bonds. The maximum Gasteiger partial charge on any atom is 0.0540 e. The van der Waals surface area contributed by atoms with Crippen LogP contribution in [-0.2, 0) is 6.54 Å². The summed E-state index contributed by atoms with van der Waals surface area (Å²) in [5, 5.41) is 4.91. The van der Waals surface area contributed by atoms with Gasteiger partial charge in [0.2, 0.25) is 0 Å². The molecule has 0 N–H and O–H groups in total. The van der Waals surface area contributed by atoms with Gasteiger partial charge in [-0.25, -0.2) is 0 Å². The summed E-state index contributed by atoms with van der Waals surface area (Å²) in [5.74, 6) is 0. The topological polar surface area (TPSA) is 6.48 Å². The summed E-state index contributed by atoms with van der Waals surface area (Å²) >= 11 is 0. The van der Waals surface area contributed by atoms with Gasteiger partial charge < -0.3 is 9.80 Å². The first-order valence-corrected chi connectivity index (χ1v) is 16.8. The van der Waals surface area contributed by atoms with Crippen LogP contribution in [0, 0.1) is 0 Å². The molecule has 0 aliphatic heterocycles. The molecule has 2 nitrogen and oxygen atoms in total. The van der Waals surface area contributed by atoms with Crippen LogP contribution in [0.3, 0.4) is 0 Å². The Hall–Kier alpha value is -6.38. The van der Waals surface area contributed by atoms with Crippen molar-refractivity contribution in [2.75, 3.05) is 9.80 Å². The van der Waals surface area contributed by atoms with E-state index in [2.05, 4.69) is 204 Å². The summed E-state index contributed by atoms with van der Waals surface area (Å²) in [4.78, 5) is 4.76. The van der Waals surface area contributed by atoms with Crippen molar-refractivity contribution in [3.63, 3.8) is 0 Å². The quantitative estimate of drug-likeness (QED) is 0.157. The molecule has 8 rings (SSSR count). The van der Waals surface area contributed by atoms with Gasteiger partial charge in [0.25, 0.3) is 0 Å². The largest absolute Gasteiger partial charge is 0.336 e. The van der Waals surface area contributed by atoms with Crippen LogP contribution in [0.25, 0.3) is 38.7 Å². The van der Waals surface area contributed by atoms with Crippen molar-refractivity contribution >= 4 is 56.1 Å². The molecule has 0 heterocycles. The van der Waals surface area contributed by atoms with Crippen molar-refractivity contribution in [1.29, 1.82) is 0 Å². The van der Waals surface area contributed by atoms with E-state index in [-0.39, 0.29) is 0 Å². The number of nitrogens with zero attached hydrogens (tertiary/aromatic N) is 2. The third-order valence-electron chi connectivity index (χ3n) is 9.24. The van der Waals surface area contributed by atoms with Crippen LogP contribution in [0.5, 0.6) is 0 Å². The lowest BCUT2D eigenvalue weighted by atomic mass is 10.0. The maximum absolute atomic E-state index is 3.99. The van der Waals surface area contributed by atoms with Gasteiger partial charge >= 0.3 is 0 Å². The molecule has 0 atom stereocenters. The van der Waals surface area contributed by atoms with Crippen molar-refractivity contribution in [1.82, 2.24) is 0 Å². The monoisotopic (exact) mass is 628 g/mol. The summed E-state index contributed by atoms with van der Waals surface area (Å²) in [6.45, 7) is 4.73. The van der Waals surface area contributed by atoms with Crippen molar-refractivity contribution in [2.45, 2.75) is 6.54 Å². The van der Waals surface area contributed by atoms with Gasteiger partial charge in [0.05, 0.1) is 5.69 Å². The van der Waals surface area contributed by atoms with Crippen LogP contribution in [0.2, 0.25) is 0 Å². The normalized spacial score (nSPS) is 11.0. The van der Waals surface area contributed by atoms with E-state index >= 15 is 0 Å².